The van der Waals surface area contributed by atoms with Gasteiger partial charge in [0.05, 0.1) is 17.3 Å². The molecule has 0 amide bonds. The molecule has 1 fully saturated rings. The molecule has 0 radical (unpaired) electrons. The molecule has 1 aliphatic rings. The number of ether oxygens (including phenoxy) is 1. The van der Waals surface area contributed by atoms with E-state index in [2.05, 4.69) is 0 Å². The Morgan fingerprint density at radius 2 is 1.95 bits per heavy atom. The molecule has 0 saturated heterocycles. The van der Waals surface area contributed by atoms with Gasteiger partial charge in [-0.3, -0.25) is 0 Å². The number of rotatable bonds is 5. The van der Waals surface area contributed by atoms with Crippen molar-refractivity contribution >= 4 is 27.0 Å². The van der Waals surface area contributed by atoms with Crippen molar-refractivity contribution in [1.82, 2.24) is 0 Å². The molecular formula is C13H17NO3S2. The fourth-order valence-corrected chi connectivity index (χ4v) is 4.69. The molecule has 0 spiro atoms. The van der Waals surface area contributed by atoms with Crippen LogP contribution in [-0.4, -0.2) is 31.5 Å². The average molecular weight is 299 g/mol. The van der Waals surface area contributed by atoms with Gasteiger partial charge in [-0.1, -0.05) is 31.3 Å². The van der Waals surface area contributed by atoms with Crippen LogP contribution in [-0.2, 0) is 9.84 Å². The lowest BCUT2D eigenvalue weighted by Gasteiger charge is -2.03. The van der Waals surface area contributed by atoms with Crippen LogP contribution < -0.4 is 10.5 Å². The molecule has 19 heavy (non-hydrogen) atoms. The standard InChI is InChI=1S/C13H17NO3S2/c1-3-19(15,16)12-10(11(12)13(14)18)8-4-6-9(17-2)7-5-8/h4-7,10-12H,3H2,1-2H3,(H2,14,18)/t10-,11-,12+/m1/s1. The van der Waals surface area contributed by atoms with Gasteiger partial charge in [0, 0.05) is 17.6 Å². The van der Waals surface area contributed by atoms with Crippen LogP contribution in [0.15, 0.2) is 24.3 Å². The largest absolute Gasteiger partial charge is 0.497 e. The van der Waals surface area contributed by atoms with Gasteiger partial charge in [0.25, 0.3) is 0 Å². The molecule has 0 bridgehead atoms. The summed E-state index contributed by atoms with van der Waals surface area (Å²) in [6.07, 6.45) is 0. The van der Waals surface area contributed by atoms with Gasteiger partial charge in [0.1, 0.15) is 5.75 Å². The summed E-state index contributed by atoms with van der Waals surface area (Å²) >= 11 is 4.99. The third kappa shape index (κ3) is 2.60. The van der Waals surface area contributed by atoms with Crippen molar-refractivity contribution in [3.05, 3.63) is 29.8 Å². The molecule has 4 nitrogen and oxygen atoms in total. The number of nitrogens with two attached hydrogens (primary N) is 1. The summed E-state index contributed by atoms with van der Waals surface area (Å²) in [5.74, 6) is 0.497. The Bertz CT molecular complexity index is 580. The number of sulfone groups is 1. The van der Waals surface area contributed by atoms with E-state index in [4.69, 9.17) is 22.7 Å². The number of methoxy groups -OCH3 is 1. The first-order valence-corrected chi connectivity index (χ1v) is 8.19. The quantitative estimate of drug-likeness (QED) is 0.834. The lowest BCUT2D eigenvalue weighted by Crippen LogP contribution is -2.18. The minimum Gasteiger partial charge on any atom is -0.497 e. The topological polar surface area (TPSA) is 69.4 Å². The molecule has 104 valence electrons. The predicted octanol–water partition coefficient (Wildman–Crippen LogP) is 1.50. The number of benzene rings is 1. The highest BCUT2D eigenvalue weighted by Gasteiger charge is 2.59. The smallest absolute Gasteiger partial charge is 0.154 e. The Balaban J connectivity index is 2.30. The highest BCUT2D eigenvalue weighted by molar-refractivity contribution is 7.92. The van der Waals surface area contributed by atoms with Crippen LogP contribution in [0.1, 0.15) is 18.4 Å². The molecule has 0 heterocycles. The zero-order chi connectivity index (χ0) is 14.2. The number of hydrogen-bond donors (Lipinski definition) is 1. The van der Waals surface area contributed by atoms with Crippen LogP contribution in [0.25, 0.3) is 0 Å². The fraction of sp³-hybridized carbons (Fsp3) is 0.462. The van der Waals surface area contributed by atoms with Crippen LogP contribution in [0.4, 0.5) is 0 Å². The van der Waals surface area contributed by atoms with E-state index in [1.807, 2.05) is 24.3 Å². The van der Waals surface area contributed by atoms with Crippen molar-refractivity contribution in [2.75, 3.05) is 12.9 Å². The van der Waals surface area contributed by atoms with Crippen LogP contribution in [0.5, 0.6) is 5.75 Å². The molecule has 3 atom stereocenters. The molecule has 1 aromatic carbocycles. The van der Waals surface area contributed by atoms with Crippen molar-refractivity contribution in [1.29, 1.82) is 0 Å². The SMILES string of the molecule is CCS(=O)(=O)[C@@H]1[C@H](C(N)=S)[C@H]1c1ccc(OC)cc1. The molecule has 2 N–H and O–H groups in total. The van der Waals surface area contributed by atoms with Crippen molar-refractivity contribution in [2.45, 2.75) is 18.1 Å². The van der Waals surface area contributed by atoms with E-state index in [1.54, 1.807) is 14.0 Å². The van der Waals surface area contributed by atoms with E-state index in [1.165, 1.54) is 0 Å². The average Bonchev–Trinajstić information content (AvgIpc) is 3.15. The normalized spacial score (nSPS) is 25.9. The molecule has 1 aliphatic carbocycles. The van der Waals surface area contributed by atoms with E-state index in [9.17, 15) is 8.42 Å². The van der Waals surface area contributed by atoms with Gasteiger partial charge in [-0.2, -0.15) is 0 Å². The maximum Gasteiger partial charge on any atom is 0.154 e. The van der Waals surface area contributed by atoms with Gasteiger partial charge >= 0.3 is 0 Å². The molecule has 1 aromatic rings. The monoisotopic (exact) mass is 299 g/mol. The second kappa shape index (κ2) is 5.09. The third-order valence-electron chi connectivity index (χ3n) is 3.60. The summed E-state index contributed by atoms with van der Waals surface area (Å²) in [4.78, 5) is 0.280. The highest BCUT2D eigenvalue weighted by Crippen LogP contribution is 2.52. The molecule has 0 aromatic heterocycles. The van der Waals surface area contributed by atoms with Crippen molar-refractivity contribution in [3.63, 3.8) is 0 Å². The Labute approximate surface area is 118 Å². The van der Waals surface area contributed by atoms with Gasteiger partial charge < -0.3 is 10.5 Å². The molecule has 0 aliphatic heterocycles. The Kier molecular flexibility index (Phi) is 3.82. The van der Waals surface area contributed by atoms with E-state index in [-0.39, 0.29) is 22.6 Å². The van der Waals surface area contributed by atoms with Crippen molar-refractivity contribution in [3.8, 4) is 5.75 Å². The maximum absolute atomic E-state index is 12.0. The third-order valence-corrected chi connectivity index (χ3v) is 6.09. The molecule has 1 saturated carbocycles. The molecule has 0 unspecified atom stereocenters. The zero-order valence-electron chi connectivity index (χ0n) is 10.9. The fourth-order valence-electron chi connectivity index (χ4n) is 2.48. The number of thiocarbonyl (C=S) groups is 1. The second-order valence-corrected chi connectivity index (χ2v) is 7.56. The van der Waals surface area contributed by atoms with E-state index in [0.29, 0.717) is 0 Å². The van der Waals surface area contributed by atoms with Crippen LogP contribution in [0.2, 0.25) is 0 Å². The summed E-state index contributed by atoms with van der Waals surface area (Å²) < 4.78 is 29.2. The summed E-state index contributed by atoms with van der Waals surface area (Å²) in [5, 5.41) is -0.469. The molecular weight excluding hydrogens is 282 g/mol. The van der Waals surface area contributed by atoms with Crippen LogP contribution in [0.3, 0.4) is 0 Å². The lowest BCUT2D eigenvalue weighted by atomic mass is 10.1. The van der Waals surface area contributed by atoms with Crippen LogP contribution in [0, 0.1) is 5.92 Å². The zero-order valence-corrected chi connectivity index (χ0v) is 12.5. The van der Waals surface area contributed by atoms with E-state index >= 15 is 0 Å². The van der Waals surface area contributed by atoms with E-state index in [0.717, 1.165) is 11.3 Å². The summed E-state index contributed by atoms with van der Waals surface area (Å²) in [7, 11) is -1.54. The Morgan fingerprint density at radius 1 is 1.37 bits per heavy atom. The molecule has 6 heteroatoms. The van der Waals surface area contributed by atoms with Crippen molar-refractivity contribution < 1.29 is 13.2 Å². The van der Waals surface area contributed by atoms with Gasteiger partial charge in [-0.15, -0.1) is 0 Å². The number of hydrogen-bond acceptors (Lipinski definition) is 4. The Hall–Kier alpha value is -1.14. The predicted molar refractivity (Wildman–Crippen MR) is 79.3 cm³/mol. The summed E-state index contributed by atoms with van der Waals surface area (Å²) in [6.45, 7) is 1.65. The first-order valence-electron chi connectivity index (χ1n) is 6.07. The summed E-state index contributed by atoms with van der Waals surface area (Å²) in [6, 6.07) is 7.39. The highest BCUT2D eigenvalue weighted by atomic mass is 32.2. The first kappa shape index (κ1) is 14.3. The Morgan fingerprint density at radius 3 is 2.37 bits per heavy atom. The summed E-state index contributed by atoms with van der Waals surface area (Å²) in [5.41, 5.74) is 6.61. The van der Waals surface area contributed by atoms with E-state index < -0.39 is 15.1 Å². The van der Waals surface area contributed by atoms with Gasteiger partial charge in [-0.05, 0) is 17.7 Å². The lowest BCUT2D eigenvalue weighted by molar-refractivity contribution is 0.414. The van der Waals surface area contributed by atoms with Gasteiger partial charge in [0.2, 0.25) is 0 Å². The van der Waals surface area contributed by atoms with Crippen LogP contribution >= 0.6 is 12.2 Å². The minimum atomic E-state index is -3.13. The van der Waals surface area contributed by atoms with Crippen molar-refractivity contribution in [2.24, 2.45) is 11.7 Å². The molecule has 2 rings (SSSR count). The second-order valence-electron chi connectivity index (χ2n) is 4.64. The van der Waals surface area contributed by atoms with Gasteiger partial charge in [-0.25, -0.2) is 8.42 Å². The first-order chi connectivity index (χ1) is 8.92. The van der Waals surface area contributed by atoms with Gasteiger partial charge in [0.15, 0.2) is 9.84 Å². The maximum atomic E-state index is 12.0. The minimum absolute atomic E-state index is 0.115.